The molecule has 4 rings (SSSR count). The van der Waals surface area contributed by atoms with E-state index in [-0.39, 0.29) is 13.0 Å². The van der Waals surface area contributed by atoms with Gasteiger partial charge in [-0.2, -0.15) is 0 Å². The van der Waals surface area contributed by atoms with Crippen LogP contribution in [-0.2, 0) is 22.6 Å². The van der Waals surface area contributed by atoms with E-state index in [1.807, 2.05) is 78.9 Å². The van der Waals surface area contributed by atoms with Gasteiger partial charge in [-0.1, -0.05) is 54.1 Å². The number of rotatable bonds is 13. The summed E-state index contributed by atoms with van der Waals surface area (Å²) in [6.45, 7) is 3.07. The molecule has 0 fully saturated rings. The van der Waals surface area contributed by atoms with Crippen LogP contribution in [0.2, 0.25) is 0 Å². The lowest BCUT2D eigenvalue weighted by Gasteiger charge is -2.08. The van der Waals surface area contributed by atoms with E-state index < -0.39 is 11.9 Å². The van der Waals surface area contributed by atoms with Crippen molar-refractivity contribution in [3.63, 3.8) is 0 Å². The van der Waals surface area contributed by atoms with Crippen molar-refractivity contribution < 1.29 is 29.3 Å². The van der Waals surface area contributed by atoms with E-state index in [0.29, 0.717) is 24.3 Å². The third-order valence-corrected chi connectivity index (χ3v) is 6.10. The number of unbranched alkanes of at least 4 members (excludes halogenated alkanes) is 1. The molecule has 0 radical (unpaired) electrons. The molecule has 0 saturated carbocycles. The van der Waals surface area contributed by atoms with Crippen molar-refractivity contribution in [2.45, 2.75) is 32.7 Å². The number of hydrogen-bond acceptors (Lipinski definition) is 4. The first-order valence-corrected chi connectivity index (χ1v) is 12.5. The summed E-state index contributed by atoms with van der Waals surface area (Å²) in [5, 5.41) is 19.3. The molecule has 0 unspecified atom stereocenters. The van der Waals surface area contributed by atoms with Gasteiger partial charge in [0.1, 0.15) is 18.0 Å². The van der Waals surface area contributed by atoms with Crippen LogP contribution in [0.5, 0.6) is 11.5 Å². The minimum atomic E-state index is -0.984. The predicted octanol–water partition coefficient (Wildman–Crippen LogP) is 6.07. The summed E-state index contributed by atoms with van der Waals surface area (Å²) in [5.74, 6) is -0.277. The van der Waals surface area contributed by atoms with Gasteiger partial charge in [-0.15, -0.1) is 0 Å². The maximum atomic E-state index is 11.4. The first-order valence-electron chi connectivity index (χ1n) is 12.5. The number of nitrogens with zero attached hydrogens (tertiary/aromatic N) is 1. The zero-order valence-corrected chi connectivity index (χ0v) is 21.3. The van der Waals surface area contributed by atoms with Crippen molar-refractivity contribution >= 4 is 35.0 Å². The summed E-state index contributed by atoms with van der Waals surface area (Å²) in [4.78, 5) is 22.7. The van der Waals surface area contributed by atoms with Crippen LogP contribution >= 0.6 is 0 Å². The van der Waals surface area contributed by atoms with Gasteiger partial charge in [-0.3, -0.25) is 9.59 Å². The number of carboxylic acids is 2. The third-order valence-electron chi connectivity index (χ3n) is 6.10. The molecule has 0 amide bonds. The second-order valence-electron chi connectivity index (χ2n) is 9.11. The molecule has 7 nitrogen and oxygen atoms in total. The monoisotopic (exact) mass is 513 g/mol. The summed E-state index contributed by atoms with van der Waals surface area (Å²) < 4.78 is 13.2. The number of carboxylic acid groups (broad SMARTS) is 2. The van der Waals surface area contributed by atoms with Crippen molar-refractivity contribution in [3.05, 3.63) is 95.2 Å². The lowest BCUT2D eigenvalue weighted by Crippen LogP contribution is -2.07. The summed E-state index contributed by atoms with van der Waals surface area (Å²) in [6.07, 6.45) is 7.09. The maximum absolute atomic E-state index is 11.4. The molecule has 0 aliphatic heterocycles. The molecular formula is C31H31NO6. The Morgan fingerprint density at radius 2 is 1.45 bits per heavy atom. The van der Waals surface area contributed by atoms with E-state index in [0.717, 1.165) is 40.9 Å². The van der Waals surface area contributed by atoms with Gasteiger partial charge in [-0.25, -0.2) is 0 Å². The molecule has 0 atom stereocenters. The molecule has 2 N–H and O–H groups in total. The smallest absolute Gasteiger partial charge is 0.323 e. The highest BCUT2D eigenvalue weighted by atomic mass is 16.5. The number of aliphatic carboxylic acids is 2. The number of carbonyl (C=O) groups is 2. The van der Waals surface area contributed by atoms with Gasteiger partial charge in [0.2, 0.25) is 0 Å². The highest BCUT2D eigenvalue weighted by molar-refractivity contribution is 5.96. The van der Waals surface area contributed by atoms with E-state index in [4.69, 9.17) is 9.47 Å². The first kappa shape index (κ1) is 26.5. The van der Waals surface area contributed by atoms with Crippen molar-refractivity contribution in [2.75, 3.05) is 13.2 Å². The maximum Gasteiger partial charge on any atom is 0.323 e. The molecule has 0 bridgehead atoms. The number of hydrogen-bond donors (Lipinski definition) is 2. The average Bonchev–Trinajstić information content (AvgIpc) is 3.22. The Morgan fingerprint density at radius 1 is 0.816 bits per heavy atom. The van der Waals surface area contributed by atoms with Gasteiger partial charge in [0.15, 0.2) is 0 Å². The van der Waals surface area contributed by atoms with Crippen LogP contribution in [0.15, 0.2) is 72.9 Å². The van der Waals surface area contributed by atoms with Crippen LogP contribution < -0.4 is 9.47 Å². The number of benzene rings is 3. The molecule has 7 heteroatoms. The Bertz CT molecular complexity index is 1420. The lowest BCUT2D eigenvalue weighted by atomic mass is 10.0. The predicted molar refractivity (Wildman–Crippen MR) is 148 cm³/mol. The SMILES string of the molecule is Cc1ccc(OCCCCOc2ccc(/C=C/c3cccc4c3c(CC(=O)O)cn4CC(=O)O)cc2)cc1. The molecule has 196 valence electrons. The number of aromatic nitrogens is 1. The summed E-state index contributed by atoms with van der Waals surface area (Å²) in [5.41, 5.74) is 4.28. The minimum Gasteiger partial charge on any atom is -0.494 e. The van der Waals surface area contributed by atoms with Crippen LogP contribution in [0.3, 0.4) is 0 Å². The lowest BCUT2D eigenvalue weighted by molar-refractivity contribution is -0.138. The number of ether oxygens (including phenoxy) is 2. The fourth-order valence-electron chi connectivity index (χ4n) is 4.26. The minimum absolute atomic E-state index is 0.182. The van der Waals surface area contributed by atoms with E-state index in [2.05, 4.69) is 6.92 Å². The second kappa shape index (κ2) is 12.6. The van der Waals surface area contributed by atoms with E-state index >= 15 is 0 Å². The number of aryl methyl sites for hydroxylation is 1. The molecule has 0 saturated heterocycles. The first-order chi connectivity index (χ1) is 18.4. The summed E-state index contributed by atoms with van der Waals surface area (Å²) in [6, 6.07) is 21.3. The van der Waals surface area contributed by atoms with E-state index in [1.54, 1.807) is 10.8 Å². The topological polar surface area (TPSA) is 98.0 Å². The molecule has 4 aromatic rings. The second-order valence-corrected chi connectivity index (χ2v) is 9.11. The van der Waals surface area contributed by atoms with Gasteiger partial charge in [0.25, 0.3) is 0 Å². The Labute approximate surface area is 221 Å². The zero-order valence-electron chi connectivity index (χ0n) is 21.3. The van der Waals surface area contributed by atoms with Crippen molar-refractivity contribution in [1.29, 1.82) is 0 Å². The fourth-order valence-corrected chi connectivity index (χ4v) is 4.26. The van der Waals surface area contributed by atoms with Crippen LogP contribution in [0, 0.1) is 6.92 Å². The Balaban J connectivity index is 1.34. The molecule has 1 aromatic heterocycles. The number of fused-ring (bicyclic) bond motifs is 1. The van der Waals surface area contributed by atoms with Crippen LogP contribution in [0.1, 0.15) is 35.1 Å². The third kappa shape index (κ3) is 7.26. The zero-order chi connectivity index (χ0) is 26.9. The molecule has 1 heterocycles. The Hall–Kier alpha value is -4.52. The molecule has 38 heavy (non-hydrogen) atoms. The van der Waals surface area contributed by atoms with Crippen molar-refractivity contribution in [3.8, 4) is 11.5 Å². The Kier molecular flexibility index (Phi) is 8.82. The quantitative estimate of drug-likeness (QED) is 0.166. The van der Waals surface area contributed by atoms with Gasteiger partial charge in [-0.05, 0) is 66.8 Å². The van der Waals surface area contributed by atoms with Gasteiger partial charge in [0.05, 0.1) is 19.6 Å². The van der Waals surface area contributed by atoms with E-state index in [1.165, 1.54) is 5.56 Å². The summed E-state index contributed by atoms with van der Waals surface area (Å²) in [7, 11) is 0. The van der Waals surface area contributed by atoms with Crippen LogP contribution in [-0.4, -0.2) is 39.9 Å². The highest BCUT2D eigenvalue weighted by Crippen LogP contribution is 2.28. The molecule has 0 aliphatic carbocycles. The van der Waals surface area contributed by atoms with Gasteiger partial charge < -0.3 is 24.3 Å². The fraction of sp³-hybridized carbons (Fsp3) is 0.226. The molecule has 3 aromatic carbocycles. The van der Waals surface area contributed by atoms with E-state index in [9.17, 15) is 19.8 Å². The highest BCUT2D eigenvalue weighted by Gasteiger charge is 2.15. The van der Waals surface area contributed by atoms with Gasteiger partial charge in [0, 0.05) is 17.1 Å². The molecule has 0 spiro atoms. The van der Waals surface area contributed by atoms with Crippen LogP contribution in [0.4, 0.5) is 0 Å². The van der Waals surface area contributed by atoms with Crippen molar-refractivity contribution in [2.24, 2.45) is 0 Å². The Morgan fingerprint density at radius 3 is 2.05 bits per heavy atom. The molecular weight excluding hydrogens is 482 g/mol. The van der Waals surface area contributed by atoms with Crippen LogP contribution in [0.25, 0.3) is 23.1 Å². The summed E-state index contributed by atoms with van der Waals surface area (Å²) >= 11 is 0. The van der Waals surface area contributed by atoms with Gasteiger partial charge >= 0.3 is 11.9 Å². The standard InChI is InChI=1S/C31H31NO6/c1-22-7-13-26(14-8-22)37-17-2-3-18-38-27-15-10-23(11-16-27)9-12-24-5-4-6-28-31(24)25(19-29(33)34)20-32(28)21-30(35)36/h4-16,20H,2-3,17-19,21H2,1H3,(H,33,34)(H,35,36)/b12-9+. The normalized spacial score (nSPS) is 11.2. The largest absolute Gasteiger partial charge is 0.494 e. The average molecular weight is 514 g/mol. The van der Waals surface area contributed by atoms with Crippen molar-refractivity contribution in [1.82, 2.24) is 4.57 Å². The molecule has 0 aliphatic rings.